The van der Waals surface area contributed by atoms with Gasteiger partial charge in [-0.15, -0.1) is 0 Å². The summed E-state index contributed by atoms with van der Waals surface area (Å²) in [7, 11) is 0. The zero-order valence-electron chi connectivity index (χ0n) is 7.67. The molecule has 1 heterocycles. The summed E-state index contributed by atoms with van der Waals surface area (Å²) in [6, 6.07) is 3.74. The van der Waals surface area contributed by atoms with Crippen LogP contribution in [0.5, 0.6) is 0 Å². The Morgan fingerprint density at radius 3 is 2.73 bits per heavy atom. The Bertz CT molecular complexity index is 447. The maximum absolute atomic E-state index is 13.0. The molecule has 0 spiro atoms. The van der Waals surface area contributed by atoms with Crippen LogP contribution in [0.25, 0.3) is 0 Å². The van der Waals surface area contributed by atoms with Gasteiger partial charge < -0.3 is 4.90 Å². The third kappa shape index (κ3) is 1.56. The molecule has 1 amide bonds. The summed E-state index contributed by atoms with van der Waals surface area (Å²) in [5, 5.41) is 0.544. The molecule has 0 aliphatic carbocycles. The lowest BCUT2D eigenvalue weighted by molar-refractivity contribution is -0.114. The molecule has 0 saturated carbocycles. The Morgan fingerprint density at radius 2 is 2.07 bits per heavy atom. The van der Waals surface area contributed by atoms with Gasteiger partial charge in [0.05, 0.1) is 11.3 Å². The average Bonchev–Trinajstić information content (AvgIpc) is 2.44. The molecule has 1 aromatic carbocycles. The Hall–Kier alpha value is -1.23. The smallest absolute Gasteiger partial charge is 0.299 e. The first kappa shape index (κ1) is 10.3. The Kier molecular flexibility index (Phi) is 2.56. The van der Waals surface area contributed by atoms with Crippen molar-refractivity contribution in [2.24, 2.45) is 0 Å². The number of Topliss-reactive ketones (excluding diaryl/α,β-unsaturated/α-hetero) is 1. The summed E-state index contributed by atoms with van der Waals surface area (Å²) in [4.78, 5) is 24.2. The summed E-state index contributed by atoms with van der Waals surface area (Å²) in [5.41, 5.74) is 0.645. The van der Waals surface area contributed by atoms with E-state index >= 15 is 0 Å². The Morgan fingerprint density at radius 1 is 1.33 bits per heavy atom. The van der Waals surface area contributed by atoms with Gasteiger partial charge in [-0.25, -0.2) is 4.39 Å². The van der Waals surface area contributed by atoms with Gasteiger partial charge in [0, 0.05) is 11.9 Å². The maximum Gasteiger partial charge on any atom is 0.299 e. The molecule has 15 heavy (non-hydrogen) atoms. The number of hydrogen-bond donors (Lipinski definition) is 0. The normalized spacial score (nSPS) is 14.7. The van der Waals surface area contributed by atoms with Crippen molar-refractivity contribution < 1.29 is 14.0 Å². The molecule has 0 atom stereocenters. The molecule has 0 saturated heterocycles. The second kappa shape index (κ2) is 3.73. The van der Waals surface area contributed by atoms with Crippen LogP contribution in [-0.4, -0.2) is 23.6 Å². The van der Waals surface area contributed by atoms with Crippen LogP contribution in [0.2, 0.25) is 0 Å². The molecule has 78 valence electrons. The SMILES string of the molecule is O=C1C(=O)N(CCBr)c2cc(F)ccc21. The molecule has 1 aromatic rings. The number of fused-ring (bicyclic) bond motifs is 1. The highest BCUT2D eigenvalue weighted by Gasteiger charge is 2.35. The Balaban J connectivity index is 2.51. The van der Waals surface area contributed by atoms with Gasteiger partial charge in [0.15, 0.2) is 0 Å². The number of carbonyl (C=O) groups is 2. The van der Waals surface area contributed by atoms with Crippen LogP contribution in [0.3, 0.4) is 0 Å². The largest absolute Gasteiger partial charge is 0.304 e. The van der Waals surface area contributed by atoms with E-state index in [0.717, 1.165) is 0 Å². The lowest BCUT2D eigenvalue weighted by Crippen LogP contribution is -2.31. The molecule has 5 heteroatoms. The van der Waals surface area contributed by atoms with Crippen molar-refractivity contribution in [1.82, 2.24) is 0 Å². The second-order valence-corrected chi connectivity index (χ2v) is 3.93. The summed E-state index contributed by atoms with van der Waals surface area (Å²) < 4.78 is 13.0. The minimum absolute atomic E-state index is 0.280. The fourth-order valence-electron chi connectivity index (χ4n) is 1.57. The second-order valence-electron chi connectivity index (χ2n) is 3.14. The minimum Gasteiger partial charge on any atom is -0.304 e. The van der Waals surface area contributed by atoms with E-state index in [-0.39, 0.29) is 5.56 Å². The van der Waals surface area contributed by atoms with Gasteiger partial charge in [0.1, 0.15) is 5.82 Å². The number of rotatable bonds is 2. The number of amides is 1. The first-order valence-electron chi connectivity index (χ1n) is 4.37. The summed E-state index contributed by atoms with van der Waals surface area (Å²) >= 11 is 3.18. The first-order valence-corrected chi connectivity index (χ1v) is 5.49. The van der Waals surface area contributed by atoms with Gasteiger partial charge in [-0.05, 0) is 18.2 Å². The van der Waals surface area contributed by atoms with Gasteiger partial charge >= 0.3 is 0 Å². The van der Waals surface area contributed by atoms with Crippen molar-refractivity contribution >= 4 is 33.3 Å². The van der Waals surface area contributed by atoms with E-state index in [0.29, 0.717) is 17.6 Å². The van der Waals surface area contributed by atoms with Gasteiger partial charge in [0.25, 0.3) is 11.7 Å². The fourth-order valence-corrected chi connectivity index (χ4v) is 1.93. The quantitative estimate of drug-likeness (QED) is 0.607. The number of anilines is 1. The molecular weight excluding hydrogens is 265 g/mol. The van der Waals surface area contributed by atoms with Crippen LogP contribution >= 0.6 is 15.9 Å². The molecule has 0 radical (unpaired) electrons. The predicted octanol–water partition coefficient (Wildman–Crippen LogP) is 1.75. The van der Waals surface area contributed by atoms with Crippen LogP contribution in [0.4, 0.5) is 10.1 Å². The number of nitrogens with zero attached hydrogens (tertiary/aromatic N) is 1. The predicted molar refractivity (Wildman–Crippen MR) is 56.9 cm³/mol. The van der Waals surface area contributed by atoms with Crippen LogP contribution < -0.4 is 4.90 Å². The highest BCUT2D eigenvalue weighted by atomic mass is 79.9. The van der Waals surface area contributed by atoms with Crippen LogP contribution in [0, 0.1) is 5.82 Å². The zero-order chi connectivity index (χ0) is 11.0. The van der Waals surface area contributed by atoms with Crippen molar-refractivity contribution in [3.63, 3.8) is 0 Å². The molecule has 3 nitrogen and oxygen atoms in total. The third-order valence-electron chi connectivity index (χ3n) is 2.24. The van der Waals surface area contributed by atoms with Crippen molar-refractivity contribution in [2.75, 3.05) is 16.8 Å². The van der Waals surface area contributed by atoms with Crippen LogP contribution in [0.1, 0.15) is 10.4 Å². The molecule has 0 unspecified atom stereocenters. The molecule has 2 rings (SSSR count). The highest BCUT2D eigenvalue weighted by molar-refractivity contribution is 9.09. The van der Waals surface area contributed by atoms with Crippen molar-refractivity contribution in [3.8, 4) is 0 Å². The van der Waals surface area contributed by atoms with Crippen LogP contribution in [0.15, 0.2) is 18.2 Å². The molecule has 1 aliphatic heterocycles. The summed E-state index contributed by atoms with van der Waals surface area (Å²) in [6.07, 6.45) is 0. The topological polar surface area (TPSA) is 37.4 Å². The van der Waals surface area contributed by atoms with Gasteiger partial charge in [-0.2, -0.15) is 0 Å². The summed E-state index contributed by atoms with van der Waals surface area (Å²) in [6.45, 7) is 0.362. The van der Waals surface area contributed by atoms with Gasteiger partial charge in [-0.1, -0.05) is 15.9 Å². The molecule has 1 aliphatic rings. The van der Waals surface area contributed by atoms with Crippen molar-refractivity contribution in [1.29, 1.82) is 0 Å². The van der Waals surface area contributed by atoms with E-state index in [1.807, 2.05) is 0 Å². The number of halogens is 2. The summed E-state index contributed by atoms with van der Waals surface area (Å²) in [5.74, 6) is -1.60. The standard InChI is InChI=1S/C10H7BrFNO2/c11-3-4-13-8-5-6(12)1-2-7(8)9(14)10(13)15/h1-2,5H,3-4H2. The highest BCUT2D eigenvalue weighted by Crippen LogP contribution is 2.29. The van der Waals surface area contributed by atoms with E-state index in [4.69, 9.17) is 0 Å². The fraction of sp³-hybridized carbons (Fsp3) is 0.200. The van der Waals surface area contributed by atoms with E-state index in [9.17, 15) is 14.0 Å². The number of benzene rings is 1. The number of hydrogen-bond acceptors (Lipinski definition) is 2. The third-order valence-corrected chi connectivity index (χ3v) is 2.60. The van der Waals surface area contributed by atoms with Crippen molar-refractivity contribution in [2.45, 2.75) is 0 Å². The minimum atomic E-state index is -0.588. The van der Waals surface area contributed by atoms with E-state index in [1.54, 1.807) is 0 Å². The molecule has 0 N–H and O–H groups in total. The van der Waals surface area contributed by atoms with Gasteiger partial charge in [-0.3, -0.25) is 9.59 Å². The molecule has 0 fully saturated rings. The zero-order valence-corrected chi connectivity index (χ0v) is 9.25. The average molecular weight is 272 g/mol. The Labute approximate surface area is 94.0 Å². The molecular formula is C10H7BrFNO2. The number of ketones is 1. The first-order chi connectivity index (χ1) is 7.15. The number of carbonyl (C=O) groups excluding carboxylic acids is 2. The van der Waals surface area contributed by atoms with E-state index < -0.39 is 17.5 Å². The van der Waals surface area contributed by atoms with Crippen LogP contribution in [-0.2, 0) is 4.79 Å². The molecule has 0 aromatic heterocycles. The molecule has 0 bridgehead atoms. The van der Waals surface area contributed by atoms with Crippen molar-refractivity contribution in [3.05, 3.63) is 29.6 Å². The lowest BCUT2D eigenvalue weighted by Gasteiger charge is -2.14. The number of alkyl halides is 1. The monoisotopic (exact) mass is 271 g/mol. The van der Waals surface area contributed by atoms with E-state index in [1.165, 1.54) is 23.1 Å². The van der Waals surface area contributed by atoms with Gasteiger partial charge in [0.2, 0.25) is 0 Å². The maximum atomic E-state index is 13.0. The van der Waals surface area contributed by atoms with E-state index in [2.05, 4.69) is 15.9 Å². The lowest BCUT2D eigenvalue weighted by atomic mass is 10.1.